The summed E-state index contributed by atoms with van der Waals surface area (Å²) in [6.07, 6.45) is 0.0424. The average Bonchev–Trinajstić information content (AvgIpc) is 2.70. The summed E-state index contributed by atoms with van der Waals surface area (Å²) >= 11 is 0. The minimum atomic E-state index is -0.563. The van der Waals surface area contributed by atoms with Crippen molar-refractivity contribution < 1.29 is 24.2 Å². The van der Waals surface area contributed by atoms with Crippen molar-refractivity contribution in [2.24, 2.45) is 11.8 Å². The van der Waals surface area contributed by atoms with Gasteiger partial charge in [-0.1, -0.05) is 0 Å². The van der Waals surface area contributed by atoms with Gasteiger partial charge in [0.05, 0.1) is 13.0 Å². The monoisotopic (exact) mass is 273 g/mol. The maximum absolute atomic E-state index is 12.0. The molecule has 0 aromatic rings. The second-order valence-electron chi connectivity index (χ2n) is 5.79. The fourth-order valence-electron chi connectivity index (χ4n) is 2.22. The number of ether oxygens (including phenoxy) is 2. The van der Waals surface area contributed by atoms with Crippen molar-refractivity contribution in [3.63, 3.8) is 0 Å². The Morgan fingerprint density at radius 3 is 2.42 bits per heavy atom. The van der Waals surface area contributed by atoms with Crippen molar-refractivity contribution in [3.05, 3.63) is 0 Å². The van der Waals surface area contributed by atoms with Gasteiger partial charge in [-0.25, -0.2) is 4.79 Å². The van der Waals surface area contributed by atoms with Gasteiger partial charge in [-0.05, 0) is 33.1 Å². The third-order valence-electron chi connectivity index (χ3n) is 3.10. The van der Waals surface area contributed by atoms with E-state index in [-0.39, 0.29) is 31.0 Å². The fraction of sp³-hybridized carbons (Fsp3) is 0.846. The zero-order valence-corrected chi connectivity index (χ0v) is 12.0. The lowest BCUT2D eigenvalue weighted by molar-refractivity contribution is -0.146. The summed E-state index contributed by atoms with van der Waals surface area (Å²) in [7, 11) is 1.33. The summed E-state index contributed by atoms with van der Waals surface area (Å²) in [6, 6.07) is 0. The molecular weight excluding hydrogens is 250 g/mol. The molecule has 0 aromatic heterocycles. The molecule has 1 saturated heterocycles. The highest BCUT2D eigenvalue weighted by atomic mass is 16.6. The van der Waals surface area contributed by atoms with Gasteiger partial charge >= 0.3 is 12.1 Å². The van der Waals surface area contributed by atoms with Crippen molar-refractivity contribution in [2.75, 3.05) is 26.8 Å². The van der Waals surface area contributed by atoms with Gasteiger partial charge in [0.25, 0.3) is 0 Å². The van der Waals surface area contributed by atoms with Crippen molar-refractivity contribution in [2.45, 2.75) is 32.8 Å². The van der Waals surface area contributed by atoms with Gasteiger partial charge in [-0.2, -0.15) is 0 Å². The van der Waals surface area contributed by atoms with Crippen LogP contribution in [-0.2, 0) is 14.3 Å². The first-order valence-corrected chi connectivity index (χ1v) is 6.45. The molecule has 1 N–H and O–H groups in total. The van der Waals surface area contributed by atoms with Crippen LogP contribution in [0.5, 0.6) is 0 Å². The zero-order valence-electron chi connectivity index (χ0n) is 12.0. The molecule has 6 heteroatoms. The van der Waals surface area contributed by atoms with Gasteiger partial charge in [0.2, 0.25) is 0 Å². The maximum atomic E-state index is 12.0. The lowest BCUT2D eigenvalue weighted by Crippen LogP contribution is -2.36. The Morgan fingerprint density at radius 2 is 1.95 bits per heavy atom. The molecular formula is C13H23NO5. The number of nitrogens with zero attached hydrogens (tertiary/aromatic N) is 1. The van der Waals surface area contributed by atoms with Crippen molar-refractivity contribution >= 4 is 12.1 Å². The second-order valence-corrected chi connectivity index (χ2v) is 5.79. The summed E-state index contributed by atoms with van der Waals surface area (Å²) in [4.78, 5) is 25.1. The number of esters is 1. The summed E-state index contributed by atoms with van der Waals surface area (Å²) in [5, 5.41) is 9.02. The van der Waals surface area contributed by atoms with E-state index in [1.54, 1.807) is 20.8 Å². The molecule has 1 heterocycles. The fourth-order valence-corrected chi connectivity index (χ4v) is 2.22. The third kappa shape index (κ3) is 4.38. The quantitative estimate of drug-likeness (QED) is 0.777. The first kappa shape index (κ1) is 15.8. The molecule has 2 unspecified atom stereocenters. The third-order valence-corrected chi connectivity index (χ3v) is 3.10. The second kappa shape index (κ2) is 6.23. The lowest BCUT2D eigenvalue weighted by atomic mass is 9.93. The number of methoxy groups -OCH3 is 1. The molecule has 1 aliphatic heterocycles. The van der Waals surface area contributed by atoms with Gasteiger partial charge < -0.3 is 19.5 Å². The van der Waals surface area contributed by atoms with E-state index in [1.807, 2.05) is 0 Å². The predicted octanol–water partition coefficient (Wildman–Crippen LogP) is 1.02. The summed E-state index contributed by atoms with van der Waals surface area (Å²) in [6.45, 7) is 6.07. The number of carbonyl (C=O) groups is 2. The highest BCUT2D eigenvalue weighted by molar-refractivity contribution is 5.76. The van der Waals surface area contributed by atoms with Gasteiger partial charge in [-0.3, -0.25) is 4.79 Å². The number of amides is 1. The molecule has 0 saturated carbocycles. The SMILES string of the molecule is COC(=O)C1CN(C(=O)OC(C)(C)C)CC1CCO. The Kier molecular flexibility index (Phi) is 5.17. The van der Waals surface area contributed by atoms with Crippen molar-refractivity contribution in [3.8, 4) is 0 Å². The Balaban J connectivity index is 2.69. The van der Waals surface area contributed by atoms with E-state index in [2.05, 4.69) is 0 Å². The smallest absolute Gasteiger partial charge is 0.410 e. The van der Waals surface area contributed by atoms with E-state index in [9.17, 15) is 9.59 Å². The standard InChI is InChI=1S/C13H23NO5/c1-13(2,3)19-12(17)14-7-9(5-6-15)10(8-14)11(16)18-4/h9-10,15H,5-8H2,1-4H3. The Morgan fingerprint density at radius 1 is 1.32 bits per heavy atom. The predicted molar refractivity (Wildman–Crippen MR) is 68.5 cm³/mol. The molecule has 19 heavy (non-hydrogen) atoms. The minimum Gasteiger partial charge on any atom is -0.469 e. The first-order chi connectivity index (χ1) is 8.78. The van der Waals surface area contributed by atoms with Crippen LogP contribution < -0.4 is 0 Å². The van der Waals surface area contributed by atoms with E-state index >= 15 is 0 Å². The zero-order chi connectivity index (χ0) is 14.6. The summed E-state index contributed by atoms with van der Waals surface area (Å²) < 4.78 is 10.0. The molecule has 0 aromatic carbocycles. The van der Waals surface area contributed by atoms with Crippen LogP contribution in [-0.4, -0.2) is 54.5 Å². The molecule has 1 rings (SSSR count). The van der Waals surface area contributed by atoms with E-state index in [0.29, 0.717) is 13.0 Å². The van der Waals surface area contributed by atoms with Gasteiger partial charge in [0, 0.05) is 19.7 Å². The number of hydrogen-bond acceptors (Lipinski definition) is 5. The average molecular weight is 273 g/mol. The number of carbonyl (C=O) groups excluding carboxylic acids is 2. The minimum absolute atomic E-state index is 0.0136. The van der Waals surface area contributed by atoms with E-state index < -0.39 is 11.7 Å². The number of likely N-dealkylation sites (tertiary alicyclic amines) is 1. The van der Waals surface area contributed by atoms with E-state index in [1.165, 1.54) is 12.0 Å². The van der Waals surface area contributed by atoms with Gasteiger partial charge in [0.15, 0.2) is 0 Å². The van der Waals surface area contributed by atoms with Crippen LogP contribution in [0.4, 0.5) is 4.79 Å². The first-order valence-electron chi connectivity index (χ1n) is 6.45. The normalized spacial score (nSPS) is 23.3. The van der Waals surface area contributed by atoms with Crippen LogP contribution >= 0.6 is 0 Å². The molecule has 0 radical (unpaired) electrons. The molecule has 1 fully saturated rings. The largest absolute Gasteiger partial charge is 0.469 e. The van der Waals surface area contributed by atoms with Crippen LogP contribution in [0.15, 0.2) is 0 Å². The van der Waals surface area contributed by atoms with Crippen LogP contribution in [0.3, 0.4) is 0 Å². The van der Waals surface area contributed by atoms with E-state index in [4.69, 9.17) is 14.6 Å². The summed E-state index contributed by atoms with van der Waals surface area (Å²) in [5.74, 6) is -0.806. The molecule has 0 aliphatic carbocycles. The number of rotatable bonds is 3. The lowest BCUT2D eigenvalue weighted by Gasteiger charge is -2.24. The molecule has 1 amide bonds. The molecule has 2 atom stereocenters. The van der Waals surface area contributed by atoms with Crippen molar-refractivity contribution in [1.29, 1.82) is 0 Å². The molecule has 0 bridgehead atoms. The number of aliphatic hydroxyl groups excluding tert-OH is 1. The van der Waals surface area contributed by atoms with Gasteiger partial charge in [0.1, 0.15) is 5.60 Å². The highest BCUT2D eigenvalue weighted by Crippen LogP contribution is 2.28. The van der Waals surface area contributed by atoms with Crippen LogP contribution in [0, 0.1) is 11.8 Å². The molecule has 6 nitrogen and oxygen atoms in total. The van der Waals surface area contributed by atoms with Crippen LogP contribution in [0.25, 0.3) is 0 Å². The van der Waals surface area contributed by atoms with Crippen LogP contribution in [0.2, 0.25) is 0 Å². The highest BCUT2D eigenvalue weighted by Gasteiger charge is 2.41. The van der Waals surface area contributed by atoms with Gasteiger partial charge in [-0.15, -0.1) is 0 Å². The Hall–Kier alpha value is -1.30. The Labute approximate surface area is 113 Å². The molecule has 110 valence electrons. The van der Waals surface area contributed by atoms with Crippen molar-refractivity contribution in [1.82, 2.24) is 4.90 Å². The van der Waals surface area contributed by atoms with Crippen LogP contribution in [0.1, 0.15) is 27.2 Å². The maximum Gasteiger partial charge on any atom is 0.410 e. The van der Waals surface area contributed by atoms with E-state index in [0.717, 1.165) is 0 Å². The topological polar surface area (TPSA) is 76.1 Å². The molecule has 1 aliphatic rings. The molecule has 0 spiro atoms. The number of aliphatic hydroxyl groups is 1. The number of hydrogen-bond donors (Lipinski definition) is 1. The summed E-state index contributed by atoms with van der Waals surface area (Å²) in [5.41, 5.74) is -0.563. The Bertz CT molecular complexity index is 336.